The zero-order valence-electron chi connectivity index (χ0n) is 13.7. The summed E-state index contributed by atoms with van der Waals surface area (Å²) in [5.74, 6) is -2.07. The average molecular weight is 374 g/mol. The molecule has 0 aromatic heterocycles. The van der Waals surface area contributed by atoms with Crippen LogP contribution in [0.4, 0.5) is 8.78 Å². The molecule has 1 amide bonds. The lowest BCUT2D eigenvalue weighted by molar-refractivity contribution is -0.140. The maximum atomic E-state index is 13.9. The number of nitrogens with zero attached hydrogens (tertiary/aromatic N) is 2. The van der Waals surface area contributed by atoms with E-state index in [1.807, 2.05) is 0 Å². The molecule has 1 atom stereocenters. The number of amides is 1. The Morgan fingerprint density at radius 3 is 2.60 bits per heavy atom. The summed E-state index contributed by atoms with van der Waals surface area (Å²) in [4.78, 5) is 13.5. The Hall–Kier alpha value is -1.58. The van der Waals surface area contributed by atoms with E-state index in [2.05, 4.69) is 0 Å². The standard InChI is InChI=1S/C16H20F2N2O4S/c17-12-4-5-15(13(18)11-12)25(22,23)20-7-2-6-19(8-9-20)16(21)14-3-1-10-24-14/h4-5,11,14H,1-3,6-10H2. The van der Waals surface area contributed by atoms with Gasteiger partial charge in [-0.15, -0.1) is 0 Å². The van der Waals surface area contributed by atoms with Gasteiger partial charge in [0.05, 0.1) is 0 Å². The molecule has 3 rings (SSSR count). The van der Waals surface area contributed by atoms with Crippen LogP contribution in [0.1, 0.15) is 19.3 Å². The van der Waals surface area contributed by atoms with Crippen molar-refractivity contribution in [3.05, 3.63) is 29.8 Å². The van der Waals surface area contributed by atoms with E-state index < -0.39 is 32.7 Å². The van der Waals surface area contributed by atoms with Gasteiger partial charge in [0.1, 0.15) is 22.6 Å². The van der Waals surface area contributed by atoms with Crippen LogP contribution in [0.25, 0.3) is 0 Å². The van der Waals surface area contributed by atoms with E-state index in [-0.39, 0.29) is 25.5 Å². The van der Waals surface area contributed by atoms with Gasteiger partial charge in [0, 0.05) is 38.9 Å². The van der Waals surface area contributed by atoms with Crippen molar-refractivity contribution in [2.24, 2.45) is 0 Å². The van der Waals surface area contributed by atoms with Crippen LogP contribution in [0.5, 0.6) is 0 Å². The number of halogens is 2. The second kappa shape index (κ2) is 7.35. The molecule has 2 fully saturated rings. The molecule has 0 radical (unpaired) electrons. The highest BCUT2D eigenvalue weighted by atomic mass is 32.2. The zero-order valence-corrected chi connectivity index (χ0v) is 14.5. The molecule has 9 heteroatoms. The lowest BCUT2D eigenvalue weighted by Crippen LogP contribution is -2.41. The van der Waals surface area contributed by atoms with E-state index in [1.165, 1.54) is 0 Å². The molecule has 2 heterocycles. The van der Waals surface area contributed by atoms with Crippen LogP contribution in [0.15, 0.2) is 23.1 Å². The van der Waals surface area contributed by atoms with Crippen LogP contribution >= 0.6 is 0 Å². The molecule has 2 saturated heterocycles. The van der Waals surface area contributed by atoms with Crippen molar-refractivity contribution >= 4 is 15.9 Å². The van der Waals surface area contributed by atoms with Gasteiger partial charge in [-0.05, 0) is 31.4 Å². The largest absolute Gasteiger partial charge is 0.368 e. The first-order chi connectivity index (χ1) is 11.9. The summed E-state index contributed by atoms with van der Waals surface area (Å²) >= 11 is 0. The van der Waals surface area contributed by atoms with Gasteiger partial charge in [0.2, 0.25) is 10.0 Å². The van der Waals surface area contributed by atoms with Gasteiger partial charge in [-0.1, -0.05) is 0 Å². The van der Waals surface area contributed by atoms with Crippen molar-refractivity contribution in [1.82, 2.24) is 9.21 Å². The van der Waals surface area contributed by atoms with Crippen LogP contribution in [-0.2, 0) is 19.6 Å². The van der Waals surface area contributed by atoms with E-state index in [9.17, 15) is 22.0 Å². The van der Waals surface area contributed by atoms with Crippen molar-refractivity contribution in [3.63, 3.8) is 0 Å². The molecule has 0 saturated carbocycles. The third-order valence-corrected chi connectivity index (χ3v) is 6.42. The van der Waals surface area contributed by atoms with Gasteiger partial charge in [-0.25, -0.2) is 17.2 Å². The molecule has 1 unspecified atom stereocenters. The smallest absolute Gasteiger partial charge is 0.251 e. The normalized spacial score (nSPS) is 22.8. The summed E-state index contributed by atoms with van der Waals surface area (Å²) in [6, 6.07) is 2.40. The molecule has 6 nitrogen and oxygen atoms in total. The highest BCUT2D eigenvalue weighted by Gasteiger charge is 2.33. The summed E-state index contributed by atoms with van der Waals surface area (Å²) in [5, 5.41) is 0. The number of benzene rings is 1. The Morgan fingerprint density at radius 2 is 1.92 bits per heavy atom. The number of carbonyl (C=O) groups excluding carboxylic acids is 1. The van der Waals surface area contributed by atoms with Crippen LogP contribution < -0.4 is 0 Å². The minimum Gasteiger partial charge on any atom is -0.368 e. The van der Waals surface area contributed by atoms with Gasteiger partial charge in [0.15, 0.2) is 0 Å². The molecule has 0 N–H and O–H groups in total. The van der Waals surface area contributed by atoms with E-state index in [4.69, 9.17) is 4.74 Å². The van der Waals surface area contributed by atoms with Crippen molar-refractivity contribution in [1.29, 1.82) is 0 Å². The maximum Gasteiger partial charge on any atom is 0.251 e. The quantitative estimate of drug-likeness (QED) is 0.802. The van der Waals surface area contributed by atoms with Gasteiger partial charge < -0.3 is 9.64 Å². The van der Waals surface area contributed by atoms with Crippen LogP contribution in [0, 0.1) is 11.6 Å². The first kappa shape index (κ1) is 18.2. The summed E-state index contributed by atoms with van der Waals surface area (Å²) < 4.78 is 58.7. The maximum absolute atomic E-state index is 13.9. The molecule has 0 spiro atoms. The highest BCUT2D eigenvalue weighted by molar-refractivity contribution is 7.89. The lowest BCUT2D eigenvalue weighted by Gasteiger charge is -2.24. The van der Waals surface area contributed by atoms with E-state index in [1.54, 1.807) is 4.90 Å². The molecule has 0 bridgehead atoms. The zero-order chi connectivity index (χ0) is 18.0. The second-order valence-electron chi connectivity index (χ2n) is 6.16. The fourth-order valence-electron chi connectivity index (χ4n) is 3.15. The van der Waals surface area contributed by atoms with Crippen molar-refractivity contribution in [3.8, 4) is 0 Å². The number of hydrogen-bond acceptors (Lipinski definition) is 4. The van der Waals surface area contributed by atoms with E-state index in [0.717, 1.165) is 22.9 Å². The Morgan fingerprint density at radius 1 is 1.12 bits per heavy atom. The van der Waals surface area contributed by atoms with Crippen LogP contribution in [0.2, 0.25) is 0 Å². The molecular weight excluding hydrogens is 354 g/mol. The monoisotopic (exact) mass is 374 g/mol. The average Bonchev–Trinajstić information content (AvgIpc) is 2.97. The Bertz CT molecular complexity index is 751. The van der Waals surface area contributed by atoms with Gasteiger partial charge in [-0.3, -0.25) is 4.79 Å². The van der Waals surface area contributed by atoms with Crippen molar-refractivity contribution < 1.29 is 26.7 Å². The summed E-state index contributed by atoms with van der Waals surface area (Å²) in [7, 11) is -4.08. The number of sulfonamides is 1. The Balaban J connectivity index is 1.72. The third-order valence-electron chi connectivity index (χ3n) is 4.48. The first-order valence-corrected chi connectivity index (χ1v) is 9.69. The molecule has 2 aliphatic heterocycles. The van der Waals surface area contributed by atoms with Gasteiger partial charge in [-0.2, -0.15) is 4.31 Å². The third kappa shape index (κ3) is 3.83. The van der Waals surface area contributed by atoms with Crippen LogP contribution in [0.3, 0.4) is 0 Å². The number of ether oxygens (including phenoxy) is 1. The summed E-state index contributed by atoms with van der Waals surface area (Å²) in [6.07, 6.45) is 1.52. The number of hydrogen-bond donors (Lipinski definition) is 0. The van der Waals surface area contributed by atoms with Crippen LogP contribution in [-0.4, -0.2) is 62.4 Å². The summed E-state index contributed by atoms with van der Waals surface area (Å²) in [6.45, 7) is 1.46. The fourth-order valence-corrected chi connectivity index (χ4v) is 4.67. The predicted molar refractivity (Wildman–Crippen MR) is 85.3 cm³/mol. The number of carbonyl (C=O) groups is 1. The van der Waals surface area contributed by atoms with Gasteiger partial charge in [0.25, 0.3) is 5.91 Å². The van der Waals surface area contributed by atoms with E-state index >= 15 is 0 Å². The Kier molecular flexibility index (Phi) is 5.35. The first-order valence-electron chi connectivity index (χ1n) is 8.25. The van der Waals surface area contributed by atoms with Crippen molar-refractivity contribution in [2.45, 2.75) is 30.3 Å². The molecule has 2 aliphatic rings. The number of rotatable bonds is 3. The molecule has 25 heavy (non-hydrogen) atoms. The minimum absolute atomic E-state index is 0.0671. The highest BCUT2D eigenvalue weighted by Crippen LogP contribution is 2.22. The second-order valence-corrected chi connectivity index (χ2v) is 8.07. The molecular formula is C16H20F2N2O4S. The topological polar surface area (TPSA) is 66.9 Å². The minimum atomic E-state index is -4.08. The Labute approximate surface area is 145 Å². The lowest BCUT2D eigenvalue weighted by atomic mass is 10.2. The predicted octanol–water partition coefficient (Wildman–Crippen LogP) is 1.37. The fraction of sp³-hybridized carbons (Fsp3) is 0.562. The molecule has 1 aromatic carbocycles. The molecule has 1 aromatic rings. The van der Waals surface area contributed by atoms with Crippen molar-refractivity contribution in [2.75, 3.05) is 32.8 Å². The van der Waals surface area contributed by atoms with E-state index in [0.29, 0.717) is 32.1 Å². The summed E-state index contributed by atoms with van der Waals surface area (Å²) in [5.41, 5.74) is 0. The van der Waals surface area contributed by atoms with Gasteiger partial charge >= 0.3 is 0 Å². The molecule has 138 valence electrons. The molecule has 0 aliphatic carbocycles. The SMILES string of the molecule is O=C(C1CCCO1)N1CCCN(S(=O)(=O)c2ccc(F)cc2F)CC1.